The summed E-state index contributed by atoms with van der Waals surface area (Å²) in [6.07, 6.45) is 4.57. The van der Waals surface area contributed by atoms with Gasteiger partial charge < -0.3 is 10.4 Å². The summed E-state index contributed by atoms with van der Waals surface area (Å²) < 4.78 is 0. The number of aliphatic hydroxyl groups excluding tert-OH is 1. The Kier molecular flexibility index (Phi) is 4.18. The molecule has 0 spiro atoms. The van der Waals surface area contributed by atoms with E-state index in [0.717, 1.165) is 19.5 Å². The first-order valence-corrected chi connectivity index (χ1v) is 6.65. The van der Waals surface area contributed by atoms with Crippen LogP contribution in [0.2, 0.25) is 0 Å². The van der Waals surface area contributed by atoms with Crippen LogP contribution in [0.5, 0.6) is 0 Å². The van der Waals surface area contributed by atoms with Gasteiger partial charge in [-0.1, -0.05) is 18.9 Å². The Labute approximate surface area is 95.3 Å². The second kappa shape index (κ2) is 5.64. The van der Waals surface area contributed by atoms with E-state index in [1.165, 1.54) is 24.1 Å². The van der Waals surface area contributed by atoms with Gasteiger partial charge in [-0.25, -0.2) is 0 Å². The summed E-state index contributed by atoms with van der Waals surface area (Å²) >= 11 is 1.79. The summed E-state index contributed by atoms with van der Waals surface area (Å²) in [4.78, 5) is 1.38. The Hall–Kier alpha value is -0.380. The normalized spacial score (nSPS) is 26.7. The lowest BCUT2D eigenvalue weighted by Crippen LogP contribution is -2.33. The SMILES string of the molecule is OC1CCCCC1CNCc1cccs1. The number of nitrogens with one attached hydrogen (secondary N) is 1. The van der Waals surface area contributed by atoms with E-state index in [1.54, 1.807) is 11.3 Å². The van der Waals surface area contributed by atoms with E-state index >= 15 is 0 Å². The molecule has 2 nitrogen and oxygen atoms in total. The van der Waals surface area contributed by atoms with Gasteiger partial charge >= 0.3 is 0 Å². The van der Waals surface area contributed by atoms with Crippen LogP contribution in [0.15, 0.2) is 17.5 Å². The minimum absolute atomic E-state index is 0.0745. The molecule has 1 aliphatic rings. The third kappa shape index (κ3) is 3.30. The van der Waals surface area contributed by atoms with Gasteiger partial charge in [0.1, 0.15) is 0 Å². The zero-order valence-electron chi connectivity index (χ0n) is 8.98. The van der Waals surface area contributed by atoms with Crippen molar-refractivity contribution in [1.29, 1.82) is 0 Å². The number of thiophene rings is 1. The first-order valence-electron chi connectivity index (χ1n) is 5.77. The van der Waals surface area contributed by atoms with Crippen molar-refractivity contribution < 1.29 is 5.11 Å². The van der Waals surface area contributed by atoms with Crippen molar-refractivity contribution >= 4 is 11.3 Å². The largest absolute Gasteiger partial charge is 0.393 e. The van der Waals surface area contributed by atoms with E-state index in [-0.39, 0.29) is 6.10 Å². The Balaban J connectivity index is 1.68. The molecule has 2 rings (SSSR count). The van der Waals surface area contributed by atoms with E-state index in [0.29, 0.717) is 5.92 Å². The Morgan fingerprint density at radius 2 is 2.27 bits per heavy atom. The lowest BCUT2D eigenvalue weighted by Gasteiger charge is -2.27. The lowest BCUT2D eigenvalue weighted by molar-refractivity contribution is 0.0695. The van der Waals surface area contributed by atoms with Crippen molar-refractivity contribution in [3.8, 4) is 0 Å². The molecule has 0 radical (unpaired) electrons. The van der Waals surface area contributed by atoms with Crippen LogP contribution < -0.4 is 5.32 Å². The Bertz CT molecular complexity index is 273. The van der Waals surface area contributed by atoms with Crippen LogP contribution in [-0.4, -0.2) is 17.8 Å². The van der Waals surface area contributed by atoms with Crippen LogP contribution in [0.25, 0.3) is 0 Å². The van der Waals surface area contributed by atoms with Gasteiger partial charge in [0.15, 0.2) is 0 Å². The van der Waals surface area contributed by atoms with E-state index in [4.69, 9.17) is 0 Å². The molecule has 1 saturated carbocycles. The summed E-state index contributed by atoms with van der Waals surface area (Å²) in [5, 5.41) is 15.3. The highest BCUT2D eigenvalue weighted by Crippen LogP contribution is 2.23. The summed E-state index contributed by atoms with van der Waals surface area (Å²) in [5.41, 5.74) is 0. The van der Waals surface area contributed by atoms with Gasteiger partial charge in [-0.15, -0.1) is 11.3 Å². The molecule has 0 aliphatic heterocycles. The Morgan fingerprint density at radius 3 is 3.00 bits per heavy atom. The minimum atomic E-state index is -0.0745. The number of hydrogen-bond acceptors (Lipinski definition) is 3. The molecule has 2 atom stereocenters. The number of hydrogen-bond donors (Lipinski definition) is 2. The van der Waals surface area contributed by atoms with Crippen molar-refractivity contribution in [3.05, 3.63) is 22.4 Å². The molecule has 2 N–H and O–H groups in total. The monoisotopic (exact) mass is 225 g/mol. The maximum Gasteiger partial charge on any atom is 0.0580 e. The molecule has 84 valence electrons. The first-order chi connectivity index (χ1) is 7.36. The standard InChI is InChI=1S/C12H19NOS/c14-12-6-2-1-4-10(12)8-13-9-11-5-3-7-15-11/h3,5,7,10,12-14H,1-2,4,6,8-9H2. The molecule has 1 aromatic heterocycles. The Morgan fingerprint density at radius 1 is 1.40 bits per heavy atom. The fourth-order valence-corrected chi connectivity index (χ4v) is 2.89. The quantitative estimate of drug-likeness (QED) is 0.824. The van der Waals surface area contributed by atoms with E-state index in [2.05, 4.69) is 22.8 Å². The molecule has 0 amide bonds. The molecule has 1 fully saturated rings. The molecule has 0 bridgehead atoms. The smallest absolute Gasteiger partial charge is 0.0580 e. The maximum atomic E-state index is 9.79. The second-order valence-electron chi connectivity index (χ2n) is 4.32. The van der Waals surface area contributed by atoms with Gasteiger partial charge in [0.2, 0.25) is 0 Å². The van der Waals surface area contributed by atoms with Gasteiger partial charge in [0.25, 0.3) is 0 Å². The predicted molar refractivity (Wildman–Crippen MR) is 64.0 cm³/mol. The summed E-state index contributed by atoms with van der Waals surface area (Å²) in [7, 11) is 0. The fourth-order valence-electron chi connectivity index (χ4n) is 2.22. The van der Waals surface area contributed by atoms with Gasteiger partial charge in [-0.3, -0.25) is 0 Å². The van der Waals surface area contributed by atoms with E-state index in [1.807, 2.05) is 0 Å². The highest BCUT2D eigenvalue weighted by Gasteiger charge is 2.22. The van der Waals surface area contributed by atoms with E-state index < -0.39 is 0 Å². The molecular weight excluding hydrogens is 206 g/mol. The second-order valence-corrected chi connectivity index (χ2v) is 5.35. The summed E-state index contributed by atoms with van der Waals surface area (Å²) in [6, 6.07) is 4.23. The third-order valence-corrected chi connectivity index (χ3v) is 4.03. The zero-order valence-corrected chi connectivity index (χ0v) is 9.80. The highest BCUT2D eigenvalue weighted by atomic mass is 32.1. The van der Waals surface area contributed by atoms with Crippen LogP contribution in [0.4, 0.5) is 0 Å². The van der Waals surface area contributed by atoms with Gasteiger partial charge in [-0.05, 0) is 30.2 Å². The van der Waals surface area contributed by atoms with Crippen molar-refractivity contribution in [2.45, 2.75) is 38.3 Å². The molecule has 1 aromatic rings. The van der Waals surface area contributed by atoms with Crippen LogP contribution in [-0.2, 0) is 6.54 Å². The molecule has 3 heteroatoms. The van der Waals surface area contributed by atoms with Crippen LogP contribution in [0, 0.1) is 5.92 Å². The molecule has 15 heavy (non-hydrogen) atoms. The van der Waals surface area contributed by atoms with Gasteiger partial charge in [0.05, 0.1) is 6.10 Å². The average Bonchev–Trinajstić information content (AvgIpc) is 2.74. The maximum absolute atomic E-state index is 9.79. The van der Waals surface area contributed by atoms with Gasteiger partial charge in [0, 0.05) is 18.0 Å². The lowest BCUT2D eigenvalue weighted by atomic mass is 9.86. The fraction of sp³-hybridized carbons (Fsp3) is 0.667. The van der Waals surface area contributed by atoms with Crippen molar-refractivity contribution in [2.75, 3.05) is 6.54 Å². The molecule has 2 unspecified atom stereocenters. The molecule has 0 aromatic carbocycles. The van der Waals surface area contributed by atoms with Gasteiger partial charge in [-0.2, -0.15) is 0 Å². The van der Waals surface area contributed by atoms with Crippen molar-refractivity contribution in [2.24, 2.45) is 5.92 Å². The van der Waals surface area contributed by atoms with Crippen LogP contribution >= 0.6 is 11.3 Å². The topological polar surface area (TPSA) is 32.3 Å². The van der Waals surface area contributed by atoms with Crippen LogP contribution in [0.3, 0.4) is 0 Å². The predicted octanol–water partition coefficient (Wildman–Crippen LogP) is 2.39. The minimum Gasteiger partial charge on any atom is -0.393 e. The third-order valence-electron chi connectivity index (χ3n) is 3.15. The van der Waals surface area contributed by atoms with Crippen molar-refractivity contribution in [3.63, 3.8) is 0 Å². The first kappa shape index (κ1) is 11.1. The van der Waals surface area contributed by atoms with Crippen molar-refractivity contribution in [1.82, 2.24) is 5.32 Å². The number of aliphatic hydroxyl groups is 1. The molecule has 1 aliphatic carbocycles. The molecular formula is C12H19NOS. The number of rotatable bonds is 4. The average molecular weight is 225 g/mol. The highest BCUT2D eigenvalue weighted by molar-refractivity contribution is 7.09. The molecule has 0 saturated heterocycles. The summed E-state index contributed by atoms with van der Waals surface area (Å²) in [5.74, 6) is 0.471. The summed E-state index contributed by atoms with van der Waals surface area (Å²) in [6.45, 7) is 1.90. The van der Waals surface area contributed by atoms with E-state index in [9.17, 15) is 5.11 Å². The molecule has 1 heterocycles. The van der Waals surface area contributed by atoms with Crippen LogP contribution in [0.1, 0.15) is 30.6 Å². The zero-order chi connectivity index (χ0) is 10.5.